The molecule has 0 bridgehead atoms. The van der Waals surface area contributed by atoms with Crippen LogP contribution in [-0.2, 0) is 13.0 Å². The number of rotatable bonds is 5. The van der Waals surface area contributed by atoms with Crippen LogP contribution in [0.5, 0.6) is 0 Å². The van der Waals surface area contributed by atoms with Crippen molar-refractivity contribution < 1.29 is 5.11 Å². The van der Waals surface area contributed by atoms with Gasteiger partial charge < -0.3 is 5.11 Å². The van der Waals surface area contributed by atoms with Gasteiger partial charge in [0, 0.05) is 12.6 Å². The van der Waals surface area contributed by atoms with Crippen LogP contribution in [0.4, 0.5) is 0 Å². The molecule has 1 unspecified atom stereocenters. The van der Waals surface area contributed by atoms with E-state index in [0.29, 0.717) is 18.1 Å². The van der Waals surface area contributed by atoms with E-state index in [2.05, 4.69) is 27.2 Å². The Kier molecular flexibility index (Phi) is 3.22. The molecular formula is C13H16ClN5O. The number of aromatic nitrogens is 5. The van der Waals surface area contributed by atoms with Gasteiger partial charge in [0.15, 0.2) is 5.15 Å². The molecule has 20 heavy (non-hydrogen) atoms. The summed E-state index contributed by atoms with van der Waals surface area (Å²) >= 11 is 6.06. The minimum atomic E-state index is -0.923. The summed E-state index contributed by atoms with van der Waals surface area (Å²) < 4.78 is 1.66. The lowest BCUT2D eigenvalue weighted by Crippen LogP contribution is -2.44. The van der Waals surface area contributed by atoms with E-state index in [4.69, 9.17) is 11.6 Å². The summed E-state index contributed by atoms with van der Waals surface area (Å²) in [6, 6.07) is 1.80. The Morgan fingerprint density at radius 1 is 1.50 bits per heavy atom. The zero-order valence-electron chi connectivity index (χ0n) is 11.2. The second-order valence-corrected chi connectivity index (χ2v) is 6.07. The van der Waals surface area contributed by atoms with Crippen molar-refractivity contribution in [1.29, 1.82) is 0 Å². The predicted octanol–water partition coefficient (Wildman–Crippen LogP) is 1.50. The number of halogens is 1. The molecule has 1 saturated carbocycles. The summed E-state index contributed by atoms with van der Waals surface area (Å²) in [5.74, 6) is 0. The highest BCUT2D eigenvalue weighted by Gasteiger charge is 2.55. The molecule has 1 atom stereocenters. The maximum absolute atomic E-state index is 11.2. The Bertz CT molecular complexity index is 599. The van der Waals surface area contributed by atoms with Crippen molar-refractivity contribution in [3.05, 3.63) is 35.6 Å². The van der Waals surface area contributed by atoms with E-state index in [0.717, 1.165) is 18.4 Å². The molecule has 0 amide bonds. The second kappa shape index (κ2) is 4.79. The summed E-state index contributed by atoms with van der Waals surface area (Å²) in [7, 11) is 0. The summed E-state index contributed by atoms with van der Waals surface area (Å²) in [5.41, 5.74) is -0.240. The number of aliphatic hydroxyl groups is 1. The molecule has 1 aliphatic rings. The summed E-state index contributed by atoms with van der Waals surface area (Å²) in [6.45, 7) is 2.48. The smallest absolute Gasteiger partial charge is 0.154 e. The summed E-state index contributed by atoms with van der Waals surface area (Å²) in [6.07, 6.45) is 7.09. The van der Waals surface area contributed by atoms with Gasteiger partial charge in [0.1, 0.15) is 12.7 Å². The molecule has 6 nitrogen and oxygen atoms in total. The largest absolute Gasteiger partial charge is 0.387 e. The molecule has 0 aliphatic heterocycles. The van der Waals surface area contributed by atoms with Crippen molar-refractivity contribution in [2.75, 3.05) is 0 Å². The van der Waals surface area contributed by atoms with Crippen LogP contribution in [0.3, 0.4) is 0 Å². The lowest BCUT2D eigenvalue weighted by Gasteiger charge is -2.34. The maximum Gasteiger partial charge on any atom is 0.154 e. The fraction of sp³-hybridized carbons (Fsp3) is 0.538. The molecule has 1 fully saturated rings. The van der Waals surface area contributed by atoms with Gasteiger partial charge in [-0.3, -0.25) is 4.68 Å². The van der Waals surface area contributed by atoms with Gasteiger partial charge in [-0.2, -0.15) is 10.2 Å². The molecule has 1 aliphatic carbocycles. The lowest BCUT2D eigenvalue weighted by molar-refractivity contribution is -0.0428. The number of hydrogen-bond acceptors (Lipinski definition) is 5. The van der Waals surface area contributed by atoms with Gasteiger partial charge in [0.05, 0.1) is 12.1 Å². The van der Waals surface area contributed by atoms with E-state index in [1.54, 1.807) is 23.3 Å². The van der Waals surface area contributed by atoms with E-state index in [9.17, 15) is 5.11 Å². The molecule has 7 heteroatoms. The molecule has 2 heterocycles. The minimum Gasteiger partial charge on any atom is -0.387 e. The first-order chi connectivity index (χ1) is 9.52. The first-order valence-corrected chi connectivity index (χ1v) is 6.91. The van der Waals surface area contributed by atoms with Crippen LogP contribution in [0.1, 0.15) is 25.3 Å². The van der Waals surface area contributed by atoms with Gasteiger partial charge >= 0.3 is 0 Å². The lowest BCUT2D eigenvalue weighted by atomic mass is 9.80. The third kappa shape index (κ3) is 2.41. The zero-order valence-corrected chi connectivity index (χ0v) is 12.0. The molecule has 0 saturated heterocycles. The zero-order chi connectivity index (χ0) is 14.2. The maximum atomic E-state index is 11.2. The van der Waals surface area contributed by atoms with Crippen molar-refractivity contribution in [1.82, 2.24) is 25.0 Å². The summed E-state index contributed by atoms with van der Waals surface area (Å²) in [5, 5.41) is 23.2. The highest BCUT2D eigenvalue weighted by molar-refractivity contribution is 6.30. The third-order valence-electron chi connectivity index (χ3n) is 4.25. The molecule has 0 spiro atoms. The predicted molar refractivity (Wildman–Crippen MR) is 73.1 cm³/mol. The van der Waals surface area contributed by atoms with E-state index in [1.165, 1.54) is 6.33 Å². The normalized spacial score (nSPS) is 19.6. The van der Waals surface area contributed by atoms with Crippen LogP contribution in [-0.4, -0.2) is 35.7 Å². The van der Waals surface area contributed by atoms with Crippen LogP contribution in [0.25, 0.3) is 0 Å². The summed E-state index contributed by atoms with van der Waals surface area (Å²) in [4.78, 5) is 3.93. The Morgan fingerprint density at radius 3 is 2.90 bits per heavy atom. The topological polar surface area (TPSA) is 76.7 Å². The quantitative estimate of drug-likeness (QED) is 0.904. The van der Waals surface area contributed by atoms with E-state index in [-0.39, 0.29) is 5.41 Å². The van der Waals surface area contributed by atoms with Crippen LogP contribution < -0.4 is 0 Å². The van der Waals surface area contributed by atoms with Crippen LogP contribution in [0.2, 0.25) is 5.15 Å². The minimum absolute atomic E-state index is 0.119. The van der Waals surface area contributed by atoms with E-state index >= 15 is 0 Å². The first-order valence-electron chi connectivity index (χ1n) is 6.53. The van der Waals surface area contributed by atoms with Gasteiger partial charge in [0.2, 0.25) is 0 Å². The van der Waals surface area contributed by atoms with Gasteiger partial charge in [-0.05, 0) is 29.9 Å². The first kappa shape index (κ1) is 13.5. The standard InChI is InChI=1S/C13H16ClN5O/c1-12(3-4-12)13(20,7-19-9-15-8-17-19)6-10-2-5-16-18-11(10)14/h2,5,8-9,20H,3-4,6-7H2,1H3. The Morgan fingerprint density at radius 2 is 2.30 bits per heavy atom. The van der Waals surface area contributed by atoms with Crippen LogP contribution in [0.15, 0.2) is 24.9 Å². The highest BCUT2D eigenvalue weighted by atomic mass is 35.5. The van der Waals surface area contributed by atoms with Crippen molar-refractivity contribution in [3.63, 3.8) is 0 Å². The fourth-order valence-corrected chi connectivity index (χ4v) is 2.66. The van der Waals surface area contributed by atoms with Crippen molar-refractivity contribution in [2.24, 2.45) is 5.41 Å². The van der Waals surface area contributed by atoms with Gasteiger partial charge in [-0.15, -0.1) is 5.10 Å². The van der Waals surface area contributed by atoms with Crippen LogP contribution in [0, 0.1) is 5.41 Å². The third-order valence-corrected chi connectivity index (χ3v) is 4.57. The van der Waals surface area contributed by atoms with Gasteiger partial charge in [-0.25, -0.2) is 4.98 Å². The van der Waals surface area contributed by atoms with E-state index in [1.807, 2.05) is 0 Å². The molecule has 1 N–H and O–H groups in total. The van der Waals surface area contributed by atoms with Crippen molar-refractivity contribution in [3.8, 4) is 0 Å². The SMILES string of the molecule is CC1(C(O)(Cc2ccnnc2Cl)Cn2cncn2)CC1. The molecule has 2 aromatic heterocycles. The van der Waals surface area contributed by atoms with Gasteiger partial charge in [0.25, 0.3) is 0 Å². The molecular weight excluding hydrogens is 278 g/mol. The fourth-order valence-electron chi connectivity index (χ4n) is 2.48. The Hall–Kier alpha value is -1.53. The van der Waals surface area contributed by atoms with Crippen molar-refractivity contribution >= 4 is 11.6 Å². The second-order valence-electron chi connectivity index (χ2n) is 5.71. The molecule has 2 aromatic rings. The van der Waals surface area contributed by atoms with Crippen LogP contribution >= 0.6 is 11.6 Å². The highest BCUT2D eigenvalue weighted by Crippen LogP contribution is 2.55. The number of hydrogen-bond donors (Lipinski definition) is 1. The van der Waals surface area contributed by atoms with Gasteiger partial charge in [-0.1, -0.05) is 18.5 Å². The van der Waals surface area contributed by atoms with E-state index < -0.39 is 5.60 Å². The van der Waals surface area contributed by atoms with Crippen molar-refractivity contribution in [2.45, 2.75) is 38.3 Å². The molecule has 3 rings (SSSR count). The average Bonchev–Trinajstić information content (AvgIpc) is 2.98. The Labute approximate surface area is 121 Å². The number of nitrogens with zero attached hydrogens (tertiary/aromatic N) is 5. The molecule has 106 valence electrons. The average molecular weight is 294 g/mol. The molecule has 0 radical (unpaired) electrons. The monoisotopic (exact) mass is 293 g/mol. The molecule has 0 aromatic carbocycles. The Balaban J connectivity index is 1.89.